The first kappa shape index (κ1) is 16.0. The molecule has 0 unspecified atom stereocenters. The number of carbonyl (C=O) groups excluding carboxylic acids is 1. The summed E-state index contributed by atoms with van der Waals surface area (Å²) in [6.45, 7) is 4.29. The van der Waals surface area contributed by atoms with Gasteiger partial charge < -0.3 is 9.47 Å². The Labute approximate surface area is 141 Å². The molecule has 3 rings (SSSR count). The van der Waals surface area contributed by atoms with Gasteiger partial charge >= 0.3 is 5.97 Å². The van der Waals surface area contributed by atoms with Crippen LogP contribution in [0.15, 0.2) is 59.2 Å². The summed E-state index contributed by atoms with van der Waals surface area (Å²) in [5.41, 5.74) is 3.11. The van der Waals surface area contributed by atoms with Gasteiger partial charge in [-0.1, -0.05) is 50.2 Å². The van der Waals surface area contributed by atoms with Crippen molar-refractivity contribution in [2.24, 2.45) is 4.99 Å². The normalized spacial score (nSPS) is 15.6. The summed E-state index contributed by atoms with van der Waals surface area (Å²) in [4.78, 5) is 16.4. The monoisotopic (exact) mass is 321 g/mol. The SMILES string of the molecule is COc1ccccc1C1=N/C(=C/c2ccc(C(C)C)cc2)C(=O)O1. The molecule has 1 aliphatic heterocycles. The van der Waals surface area contributed by atoms with Crippen molar-refractivity contribution in [3.8, 4) is 5.75 Å². The quantitative estimate of drug-likeness (QED) is 0.627. The van der Waals surface area contributed by atoms with E-state index in [2.05, 4.69) is 31.0 Å². The molecule has 1 aliphatic rings. The average Bonchev–Trinajstić information content (AvgIpc) is 2.96. The Hall–Kier alpha value is -2.88. The highest BCUT2D eigenvalue weighted by Crippen LogP contribution is 2.25. The van der Waals surface area contributed by atoms with E-state index in [1.165, 1.54) is 5.56 Å². The average molecular weight is 321 g/mol. The Morgan fingerprint density at radius 1 is 1.08 bits per heavy atom. The lowest BCUT2D eigenvalue weighted by Gasteiger charge is -2.05. The van der Waals surface area contributed by atoms with Crippen molar-refractivity contribution in [2.75, 3.05) is 7.11 Å². The molecule has 4 nitrogen and oxygen atoms in total. The standard InChI is InChI=1S/C20H19NO3/c1-13(2)15-10-8-14(9-11-15)12-17-20(22)24-19(21-17)16-6-4-5-7-18(16)23-3/h4-13H,1-3H3/b17-12+. The molecule has 0 fully saturated rings. The Morgan fingerprint density at radius 3 is 2.46 bits per heavy atom. The van der Waals surface area contributed by atoms with Crippen LogP contribution in [0.5, 0.6) is 5.75 Å². The highest BCUT2D eigenvalue weighted by atomic mass is 16.6. The van der Waals surface area contributed by atoms with Crippen molar-refractivity contribution in [2.45, 2.75) is 19.8 Å². The lowest BCUT2D eigenvalue weighted by atomic mass is 10.0. The molecule has 0 N–H and O–H groups in total. The molecule has 0 aliphatic carbocycles. The van der Waals surface area contributed by atoms with Crippen LogP contribution in [0.1, 0.15) is 36.5 Å². The van der Waals surface area contributed by atoms with Crippen LogP contribution in [-0.2, 0) is 9.53 Å². The summed E-state index contributed by atoms with van der Waals surface area (Å²) in [7, 11) is 1.57. The molecule has 2 aromatic rings. The number of methoxy groups -OCH3 is 1. The first-order valence-electron chi connectivity index (χ1n) is 7.84. The van der Waals surface area contributed by atoms with Crippen LogP contribution >= 0.6 is 0 Å². The lowest BCUT2D eigenvalue weighted by Crippen LogP contribution is -2.06. The second-order valence-electron chi connectivity index (χ2n) is 5.86. The van der Waals surface area contributed by atoms with E-state index in [4.69, 9.17) is 9.47 Å². The summed E-state index contributed by atoms with van der Waals surface area (Å²) in [6, 6.07) is 15.4. The topological polar surface area (TPSA) is 47.9 Å². The molecule has 0 atom stereocenters. The van der Waals surface area contributed by atoms with Crippen LogP contribution in [0.4, 0.5) is 0 Å². The maximum Gasteiger partial charge on any atom is 0.363 e. The third kappa shape index (κ3) is 3.23. The summed E-state index contributed by atoms with van der Waals surface area (Å²) in [5.74, 6) is 0.899. The number of rotatable bonds is 4. The second-order valence-corrected chi connectivity index (χ2v) is 5.86. The Morgan fingerprint density at radius 2 is 1.79 bits per heavy atom. The Bertz CT molecular complexity index is 817. The van der Waals surface area contributed by atoms with Gasteiger partial charge in [0.05, 0.1) is 12.7 Å². The minimum Gasteiger partial charge on any atom is -0.496 e. The van der Waals surface area contributed by atoms with Gasteiger partial charge in [-0.15, -0.1) is 0 Å². The van der Waals surface area contributed by atoms with E-state index in [0.717, 1.165) is 5.56 Å². The van der Waals surface area contributed by atoms with Crippen LogP contribution < -0.4 is 4.74 Å². The number of benzene rings is 2. The van der Waals surface area contributed by atoms with Gasteiger partial charge in [-0.2, -0.15) is 0 Å². The van der Waals surface area contributed by atoms with E-state index >= 15 is 0 Å². The van der Waals surface area contributed by atoms with Gasteiger partial charge in [-0.05, 0) is 35.3 Å². The zero-order valence-electron chi connectivity index (χ0n) is 13.9. The third-order valence-electron chi connectivity index (χ3n) is 3.86. The molecule has 0 bridgehead atoms. The molecule has 0 saturated heterocycles. The smallest absolute Gasteiger partial charge is 0.363 e. The maximum absolute atomic E-state index is 12.1. The zero-order chi connectivity index (χ0) is 17.1. The fourth-order valence-electron chi connectivity index (χ4n) is 2.48. The van der Waals surface area contributed by atoms with Gasteiger partial charge in [-0.3, -0.25) is 0 Å². The summed E-state index contributed by atoms with van der Waals surface area (Å²) >= 11 is 0. The van der Waals surface area contributed by atoms with Crippen molar-refractivity contribution < 1.29 is 14.3 Å². The molecule has 24 heavy (non-hydrogen) atoms. The largest absolute Gasteiger partial charge is 0.496 e. The van der Waals surface area contributed by atoms with Gasteiger partial charge in [0.25, 0.3) is 0 Å². The minimum atomic E-state index is -0.455. The van der Waals surface area contributed by atoms with E-state index in [-0.39, 0.29) is 11.6 Å². The van der Waals surface area contributed by atoms with E-state index in [1.807, 2.05) is 30.3 Å². The van der Waals surface area contributed by atoms with Crippen molar-refractivity contribution >= 4 is 17.9 Å². The van der Waals surface area contributed by atoms with Gasteiger partial charge in [-0.25, -0.2) is 9.79 Å². The number of hydrogen-bond acceptors (Lipinski definition) is 4. The molecular weight excluding hydrogens is 302 g/mol. The number of carbonyl (C=O) groups is 1. The highest BCUT2D eigenvalue weighted by molar-refractivity contribution is 6.13. The molecule has 0 radical (unpaired) electrons. The number of esters is 1. The summed E-state index contributed by atoms with van der Waals surface area (Å²) < 4.78 is 10.6. The van der Waals surface area contributed by atoms with Gasteiger partial charge in [0, 0.05) is 0 Å². The Kier molecular flexibility index (Phi) is 4.47. The van der Waals surface area contributed by atoms with Crippen molar-refractivity contribution in [1.29, 1.82) is 0 Å². The van der Waals surface area contributed by atoms with E-state index in [1.54, 1.807) is 19.3 Å². The maximum atomic E-state index is 12.1. The number of cyclic esters (lactones) is 1. The van der Waals surface area contributed by atoms with Crippen LogP contribution in [0.2, 0.25) is 0 Å². The van der Waals surface area contributed by atoms with Crippen molar-refractivity contribution in [3.63, 3.8) is 0 Å². The number of nitrogens with zero attached hydrogens (tertiary/aromatic N) is 1. The Balaban J connectivity index is 1.91. The zero-order valence-corrected chi connectivity index (χ0v) is 13.9. The first-order chi connectivity index (χ1) is 11.6. The molecular formula is C20H19NO3. The number of ether oxygens (including phenoxy) is 2. The predicted molar refractivity (Wildman–Crippen MR) is 94.1 cm³/mol. The molecule has 0 aromatic heterocycles. The molecule has 0 amide bonds. The summed E-state index contributed by atoms with van der Waals surface area (Å²) in [6.07, 6.45) is 1.73. The predicted octanol–water partition coefficient (Wildman–Crippen LogP) is 4.16. The van der Waals surface area contributed by atoms with Gasteiger partial charge in [0.1, 0.15) is 5.75 Å². The molecule has 122 valence electrons. The first-order valence-corrected chi connectivity index (χ1v) is 7.84. The number of para-hydroxylation sites is 1. The third-order valence-corrected chi connectivity index (χ3v) is 3.86. The fourth-order valence-corrected chi connectivity index (χ4v) is 2.48. The molecule has 0 saturated carbocycles. The van der Waals surface area contributed by atoms with Crippen molar-refractivity contribution in [1.82, 2.24) is 0 Å². The number of hydrogen-bond donors (Lipinski definition) is 0. The molecule has 2 aromatic carbocycles. The second kappa shape index (κ2) is 6.71. The van der Waals surface area contributed by atoms with E-state index in [9.17, 15) is 4.79 Å². The minimum absolute atomic E-state index is 0.266. The van der Waals surface area contributed by atoms with Crippen LogP contribution in [0, 0.1) is 0 Å². The summed E-state index contributed by atoms with van der Waals surface area (Å²) in [5, 5.41) is 0. The highest BCUT2D eigenvalue weighted by Gasteiger charge is 2.26. The van der Waals surface area contributed by atoms with Crippen LogP contribution in [0.25, 0.3) is 6.08 Å². The van der Waals surface area contributed by atoms with E-state index in [0.29, 0.717) is 17.2 Å². The van der Waals surface area contributed by atoms with Crippen LogP contribution in [0.3, 0.4) is 0 Å². The fraction of sp³-hybridized carbons (Fsp3) is 0.200. The molecule has 0 spiro atoms. The molecule has 4 heteroatoms. The van der Waals surface area contributed by atoms with Gasteiger partial charge in [0.2, 0.25) is 5.90 Å². The van der Waals surface area contributed by atoms with E-state index < -0.39 is 5.97 Å². The van der Waals surface area contributed by atoms with Gasteiger partial charge in [0.15, 0.2) is 5.70 Å². The van der Waals surface area contributed by atoms with Crippen LogP contribution in [-0.4, -0.2) is 19.0 Å². The molecule has 1 heterocycles. The van der Waals surface area contributed by atoms with Crippen molar-refractivity contribution in [3.05, 3.63) is 70.9 Å². The lowest BCUT2D eigenvalue weighted by molar-refractivity contribution is -0.129. The number of aliphatic imine (C=N–C) groups is 1.